The SMILES string of the molecule is CCC(CC)NC(=O)CCC(C)SSC(C)CC(=O)Nc1cc(COc2cc(N=C[C@@H]3Cc4ccccc4N3C=O)c(C)cc2OC)cc(COc2cc(N=CC3Cc4ccccc4N3C)c(C=O)cc2OC)c1. The number of para-hydroxylation sites is 2. The van der Waals surface area contributed by atoms with Crippen molar-refractivity contribution < 1.29 is 38.1 Å². The number of nitrogens with zero attached hydrogens (tertiary/aromatic N) is 4. The van der Waals surface area contributed by atoms with Gasteiger partial charge >= 0.3 is 0 Å². The number of carbonyl (C=O) groups excluding carboxylic acids is 4. The largest absolute Gasteiger partial charge is 0.493 e. The summed E-state index contributed by atoms with van der Waals surface area (Å²) in [4.78, 5) is 64.2. The molecule has 4 atom stereocenters. The Labute approximate surface area is 443 Å². The van der Waals surface area contributed by atoms with Crippen LogP contribution in [0.15, 0.2) is 101 Å². The molecule has 2 N–H and O–H groups in total. The normalized spacial score (nSPS) is 15.7. The van der Waals surface area contributed by atoms with Crippen LogP contribution in [0.5, 0.6) is 23.0 Å². The number of nitrogens with one attached hydrogen (secondary N) is 2. The third-order valence-electron chi connectivity index (χ3n) is 13.3. The summed E-state index contributed by atoms with van der Waals surface area (Å²) in [6.07, 6.45) is 10.0. The number of rotatable bonds is 26. The lowest BCUT2D eigenvalue weighted by atomic mass is 10.1. The molecule has 5 aromatic rings. The lowest BCUT2D eigenvalue weighted by molar-refractivity contribution is -0.122. The monoisotopic (exact) mass is 1040 g/mol. The van der Waals surface area contributed by atoms with E-state index in [2.05, 4.69) is 48.4 Å². The van der Waals surface area contributed by atoms with E-state index in [4.69, 9.17) is 28.9 Å². The summed E-state index contributed by atoms with van der Waals surface area (Å²) in [5.41, 5.74) is 8.73. The molecule has 7 rings (SSSR count). The quantitative estimate of drug-likeness (QED) is 0.0308. The third-order valence-corrected chi connectivity index (χ3v) is 16.7. The molecule has 0 radical (unpaired) electrons. The van der Waals surface area contributed by atoms with E-state index in [1.807, 2.05) is 93.8 Å². The van der Waals surface area contributed by atoms with Gasteiger partial charge in [0.25, 0.3) is 0 Å². The third kappa shape index (κ3) is 14.3. The zero-order valence-electron chi connectivity index (χ0n) is 43.6. The summed E-state index contributed by atoms with van der Waals surface area (Å²) in [7, 11) is 8.48. The Bertz CT molecular complexity index is 2840. The van der Waals surface area contributed by atoms with Gasteiger partial charge in [-0.05, 0) is 103 Å². The maximum atomic E-state index is 13.7. The van der Waals surface area contributed by atoms with E-state index in [0.717, 1.165) is 72.0 Å². The number of aliphatic imine (C=N–C) groups is 2. The van der Waals surface area contributed by atoms with Gasteiger partial charge in [0.05, 0.1) is 37.7 Å². The Kier molecular flexibility index (Phi) is 19.6. The number of aldehydes is 1. The van der Waals surface area contributed by atoms with E-state index in [0.29, 0.717) is 58.5 Å². The van der Waals surface area contributed by atoms with Gasteiger partial charge in [-0.25, -0.2) is 0 Å². The van der Waals surface area contributed by atoms with Crippen LogP contribution in [-0.4, -0.2) is 86.8 Å². The second kappa shape index (κ2) is 26.4. The maximum absolute atomic E-state index is 13.7. The van der Waals surface area contributed by atoms with Crippen molar-refractivity contribution in [3.05, 3.63) is 124 Å². The summed E-state index contributed by atoms with van der Waals surface area (Å²) in [6, 6.07) is 28.8. The smallest absolute Gasteiger partial charge is 0.225 e. The lowest BCUT2D eigenvalue weighted by Crippen LogP contribution is -2.33. The number of fused-ring (bicyclic) bond motifs is 2. The minimum atomic E-state index is -0.235. The summed E-state index contributed by atoms with van der Waals surface area (Å²) in [5, 5.41) is 6.46. The molecular formula is C58H68N6O8S2. The number of aryl methyl sites for hydroxylation is 1. The molecule has 5 aromatic carbocycles. The number of hydrogen-bond acceptors (Lipinski definition) is 13. The fraction of sp³-hybridized carbons (Fsp3) is 0.379. The van der Waals surface area contributed by atoms with Crippen LogP contribution in [0.3, 0.4) is 0 Å². The van der Waals surface area contributed by atoms with Crippen LogP contribution >= 0.6 is 21.6 Å². The fourth-order valence-electron chi connectivity index (χ4n) is 9.05. The zero-order chi connectivity index (χ0) is 52.7. The molecule has 14 nitrogen and oxygen atoms in total. The molecule has 2 aliphatic heterocycles. The molecule has 0 saturated heterocycles. The van der Waals surface area contributed by atoms with Crippen molar-refractivity contribution in [3.8, 4) is 23.0 Å². The van der Waals surface area contributed by atoms with E-state index in [-0.39, 0.29) is 60.1 Å². The fourth-order valence-corrected chi connectivity index (χ4v) is 11.5. The van der Waals surface area contributed by atoms with Crippen LogP contribution < -0.4 is 39.4 Å². The predicted molar refractivity (Wildman–Crippen MR) is 301 cm³/mol. The number of amides is 3. The predicted octanol–water partition coefficient (Wildman–Crippen LogP) is 11.6. The first-order valence-corrected chi connectivity index (χ1v) is 27.5. The van der Waals surface area contributed by atoms with Crippen LogP contribution in [0.25, 0.3) is 0 Å². The minimum absolute atomic E-state index is 0.00503. The standard InChI is InChI=1S/C58H68N6O8S2/c1-9-45(10-2)61-57(67)20-19-38(4)73-74-39(5)22-58(68)62-46-24-40(34-71-55-29-49(37(3)21-53(55)69-7)59-32-48-27-43-16-12-14-18-52(43)64(48)36-66)23-41(25-46)35-72-56-30-50(44(33-65)28-54(56)70-8)60-31-47-26-42-15-11-13-17-51(42)63(47)6/h11-18,21,23-25,28-33,36,38-39,45,47-48H,9-10,19-20,22,26-27,34-35H2,1-8H3,(H,61,67)(H,62,68)/t38?,39?,47?,48-/m0/s1. The molecule has 74 heavy (non-hydrogen) atoms. The number of ether oxygens (including phenoxy) is 4. The Balaban J connectivity index is 1.08. The van der Waals surface area contributed by atoms with Gasteiger partial charge in [0.2, 0.25) is 18.2 Å². The number of benzene rings is 5. The Morgan fingerprint density at radius 3 is 1.95 bits per heavy atom. The van der Waals surface area contributed by atoms with Gasteiger partial charge < -0.3 is 39.4 Å². The van der Waals surface area contributed by atoms with E-state index in [1.165, 1.54) is 12.7 Å². The average Bonchev–Trinajstić information content (AvgIpc) is 3.94. The summed E-state index contributed by atoms with van der Waals surface area (Å²) >= 11 is 0. The van der Waals surface area contributed by atoms with Crippen molar-refractivity contribution in [2.75, 3.05) is 36.4 Å². The Morgan fingerprint density at radius 2 is 1.31 bits per heavy atom. The zero-order valence-corrected chi connectivity index (χ0v) is 45.2. The van der Waals surface area contributed by atoms with Gasteiger partial charge in [-0.1, -0.05) is 85.7 Å². The number of anilines is 3. The van der Waals surface area contributed by atoms with Gasteiger partial charge in [-0.3, -0.25) is 29.2 Å². The summed E-state index contributed by atoms with van der Waals surface area (Å²) in [6.45, 7) is 10.4. The van der Waals surface area contributed by atoms with Gasteiger partial charge in [-0.2, -0.15) is 0 Å². The molecule has 0 fully saturated rings. The second-order valence-electron chi connectivity index (χ2n) is 18.8. The number of carbonyl (C=O) groups is 4. The van der Waals surface area contributed by atoms with Crippen LogP contribution in [-0.2, 0) is 40.4 Å². The highest BCUT2D eigenvalue weighted by atomic mass is 33.1. The minimum Gasteiger partial charge on any atom is -0.493 e. The highest BCUT2D eigenvalue weighted by Crippen LogP contribution is 2.39. The van der Waals surface area contributed by atoms with Crippen molar-refractivity contribution in [1.29, 1.82) is 0 Å². The van der Waals surface area contributed by atoms with Crippen LogP contribution in [0, 0.1) is 6.92 Å². The molecule has 0 spiro atoms. The van der Waals surface area contributed by atoms with Crippen molar-refractivity contribution in [1.82, 2.24) is 5.32 Å². The first kappa shape index (κ1) is 55.0. The number of methoxy groups -OCH3 is 2. The molecule has 2 heterocycles. The second-order valence-corrected chi connectivity index (χ2v) is 21.9. The average molecular weight is 1040 g/mol. The molecule has 0 bridgehead atoms. The van der Waals surface area contributed by atoms with Gasteiger partial charge in [0.15, 0.2) is 29.3 Å². The molecule has 3 amide bonds. The molecule has 0 saturated carbocycles. The van der Waals surface area contributed by atoms with Crippen LogP contribution in [0.2, 0.25) is 0 Å². The number of hydrogen-bond donors (Lipinski definition) is 2. The molecule has 0 aliphatic carbocycles. The van der Waals surface area contributed by atoms with Crippen molar-refractivity contribution in [2.24, 2.45) is 9.98 Å². The van der Waals surface area contributed by atoms with Gasteiger partial charge in [0, 0.05) is 90.0 Å². The van der Waals surface area contributed by atoms with Crippen LogP contribution in [0.4, 0.5) is 28.4 Å². The van der Waals surface area contributed by atoms with Crippen LogP contribution in [0.1, 0.15) is 98.0 Å². The summed E-state index contributed by atoms with van der Waals surface area (Å²) < 4.78 is 24.4. The molecule has 16 heteroatoms. The van der Waals surface area contributed by atoms with Crippen molar-refractivity contribution >= 4 is 87.0 Å². The summed E-state index contributed by atoms with van der Waals surface area (Å²) in [5.74, 6) is 1.67. The molecule has 3 unspecified atom stereocenters. The first-order valence-electron chi connectivity index (χ1n) is 25.2. The number of likely N-dealkylation sites (N-methyl/N-ethyl adjacent to an activating group) is 1. The molecular weight excluding hydrogens is 973 g/mol. The van der Waals surface area contributed by atoms with E-state index < -0.39 is 0 Å². The highest BCUT2D eigenvalue weighted by Gasteiger charge is 2.28. The topological polar surface area (TPSA) is 160 Å². The lowest BCUT2D eigenvalue weighted by Gasteiger charge is -2.19. The molecule has 0 aromatic heterocycles. The molecule has 2 aliphatic rings. The maximum Gasteiger partial charge on any atom is 0.225 e. The molecule has 390 valence electrons. The Morgan fingerprint density at radius 1 is 0.730 bits per heavy atom. The highest BCUT2D eigenvalue weighted by molar-refractivity contribution is 8.77. The first-order chi connectivity index (χ1) is 35.8. The van der Waals surface area contributed by atoms with E-state index in [9.17, 15) is 19.2 Å². The van der Waals surface area contributed by atoms with Gasteiger partial charge in [0.1, 0.15) is 13.2 Å². The Hall–Kier alpha value is -6.78. The van der Waals surface area contributed by atoms with Crippen molar-refractivity contribution in [3.63, 3.8) is 0 Å². The van der Waals surface area contributed by atoms with E-state index >= 15 is 0 Å². The van der Waals surface area contributed by atoms with Crippen molar-refractivity contribution in [2.45, 2.75) is 121 Å². The van der Waals surface area contributed by atoms with E-state index in [1.54, 1.807) is 51.9 Å². The van der Waals surface area contributed by atoms with Gasteiger partial charge in [-0.15, -0.1) is 0 Å².